The molecule has 0 unspecified atom stereocenters. The fourth-order valence-electron chi connectivity index (χ4n) is 0.971. The van der Waals surface area contributed by atoms with Crippen molar-refractivity contribution in [2.24, 2.45) is 0 Å². The predicted molar refractivity (Wildman–Crippen MR) is 37.6 cm³/mol. The van der Waals surface area contributed by atoms with E-state index in [0.29, 0.717) is 11.8 Å². The first kappa shape index (κ1) is 6.39. The van der Waals surface area contributed by atoms with Crippen LogP contribution in [-0.4, -0.2) is 16.8 Å². The van der Waals surface area contributed by atoms with Crippen molar-refractivity contribution >= 4 is 5.57 Å². The molecule has 1 aromatic rings. The average molecular weight is 152 g/mol. The molecular weight excluding hydrogens is 144 g/mol. The third-order valence-electron chi connectivity index (χ3n) is 1.52. The molecule has 2 heterocycles. The van der Waals surface area contributed by atoms with Gasteiger partial charge in [-0.3, -0.25) is 0 Å². The van der Waals surface area contributed by atoms with Gasteiger partial charge in [-0.1, -0.05) is 0 Å². The van der Waals surface area contributed by atoms with Crippen molar-refractivity contribution in [1.82, 2.24) is 10.2 Å². The zero-order valence-electron chi connectivity index (χ0n) is 6.20. The van der Waals surface area contributed by atoms with E-state index < -0.39 is 0 Å². The second kappa shape index (κ2) is 2.38. The van der Waals surface area contributed by atoms with E-state index in [0.717, 1.165) is 18.6 Å². The second-order valence-electron chi connectivity index (χ2n) is 2.39. The van der Waals surface area contributed by atoms with Crippen molar-refractivity contribution < 1.29 is 9.15 Å². The van der Waals surface area contributed by atoms with Crippen molar-refractivity contribution in [3.63, 3.8) is 0 Å². The van der Waals surface area contributed by atoms with Crippen LogP contribution in [0.4, 0.5) is 0 Å². The highest BCUT2D eigenvalue weighted by Crippen LogP contribution is 2.21. The molecule has 4 nitrogen and oxygen atoms in total. The number of aryl methyl sites for hydroxylation is 1. The maximum atomic E-state index is 5.20. The summed E-state index contributed by atoms with van der Waals surface area (Å²) in [5, 5.41) is 7.58. The maximum Gasteiger partial charge on any atom is 0.246 e. The number of hydrogen-bond donors (Lipinski definition) is 0. The first-order chi connectivity index (χ1) is 5.36. The molecule has 0 spiro atoms. The Morgan fingerprint density at radius 2 is 2.36 bits per heavy atom. The summed E-state index contributed by atoms with van der Waals surface area (Å²) in [5.41, 5.74) is 0.991. The van der Waals surface area contributed by atoms with Crippen molar-refractivity contribution in [2.75, 3.05) is 6.61 Å². The monoisotopic (exact) mass is 152 g/mol. The molecule has 0 aliphatic carbocycles. The largest absolute Gasteiger partial charge is 0.500 e. The molecule has 0 fully saturated rings. The fourth-order valence-corrected chi connectivity index (χ4v) is 0.971. The summed E-state index contributed by atoms with van der Waals surface area (Å²) < 4.78 is 10.2. The second-order valence-corrected chi connectivity index (χ2v) is 2.39. The molecular formula is C7H8N2O2. The third-order valence-corrected chi connectivity index (χ3v) is 1.52. The lowest BCUT2D eigenvalue weighted by Crippen LogP contribution is -1.81. The van der Waals surface area contributed by atoms with Gasteiger partial charge in [-0.05, 0) is 0 Å². The van der Waals surface area contributed by atoms with E-state index in [1.165, 1.54) is 0 Å². The molecule has 0 amide bonds. The van der Waals surface area contributed by atoms with Crippen LogP contribution in [0.3, 0.4) is 0 Å². The minimum absolute atomic E-state index is 0.583. The van der Waals surface area contributed by atoms with E-state index in [1.54, 1.807) is 13.2 Å². The van der Waals surface area contributed by atoms with Crippen LogP contribution >= 0.6 is 0 Å². The summed E-state index contributed by atoms with van der Waals surface area (Å²) in [5.74, 6) is 1.17. The zero-order chi connectivity index (χ0) is 7.68. The number of rotatable bonds is 1. The van der Waals surface area contributed by atoms with E-state index in [2.05, 4.69) is 10.2 Å². The molecule has 4 heteroatoms. The van der Waals surface area contributed by atoms with E-state index >= 15 is 0 Å². The lowest BCUT2D eigenvalue weighted by atomic mass is 10.2. The van der Waals surface area contributed by atoms with Crippen molar-refractivity contribution in [3.05, 3.63) is 18.0 Å². The van der Waals surface area contributed by atoms with Gasteiger partial charge in [-0.15, -0.1) is 10.2 Å². The molecule has 0 N–H and O–H groups in total. The summed E-state index contributed by atoms with van der Waals surface area (Å²) >= 11 is 0. The molecule has 58 valence electrons. The number of ether oxygens (including phenoxy) is 1. The topological polar surface area (TPSA) is 48.2 Å². The molecule has 11 heavy (non-hydrogen) atoms. The first-order valence-electron chi connectivity index (χ1n) is 3.47. The van der Waals surface area contributed by atoms with Gasteiger partial charge in [-0.2, -0.15) is 0 Å². The Labute approximate surface area is 63.9 Å². The van der Waals surface area contributed by atoms with Crippen LogP contribution in [0.25, 0.3) is 5.57 Å². The van der Waals surface area contributed by atoms with Crippen LogP contribution in [0.1, 0.15) is 18.2 Å². The average Bonchev–Trinajstić information content (AvgIpc) is 2.55. The zero-order valence-corrected chi connectivity index (χ0v) is 6.20. The Kier molecular flexibility index (Phi) is 1.38. The minimum Gasteiger partial charge on any atom is -0.500 e. The highest BCUT2D eigenvalue weighted by molar-refractivity contribution is 5.58. The van der Waals surface area contributed by atoms with Crippen molar-refractivity contribution in [2.45, 2.75) is 13.3 Å². The Morgan fingerprint density at radius 3 is 2.91 bits per heavy atom. The minimum atomic E-state index is 0.583. The van der Waals surface area contributed by atoms with Crippen molar-refractivity contribution in [3.8, 4) is 0 Å². The predicted octanol–water partition coefficient (Wildman–Crippen LogP) is 1.14. The van der Waals surface area contributed by atoms with Gasteiger partial charge in [0.1, 0.15) is 0 Å². The molecule has 0 saturated carbocycles. The van der Waals surface area contributed by atoms with Gasteiger partial charge >= 0.3 is 0 Å². The summed E-state index contributed by atoms with van der Waals surface area (Å²) in [4.78, 5) is 0. The molecule has 0 aromatic carbocycles. The normalized spacial score (nSPS) is 16.3. The molecule has 2 rings (SSSR count). The quantitative estimate of drug-likeness (QED) is 0.605. The number of aromatic nitrogens is 2. The van der Waals surface area contributed by atoms with Crippen LogP contribution in [0.15, 0.2) is 10.7 Å². The van der Waals surface area contributed by atoms with Gasteiger partial charge < -0.3 is 9.15 Å². The third kappa shape index (κ3) is 1.11. The fraction of sp³-hybridized carbons (Fsp3) is 0.429. The SMILES string of the molecule is Cc1nnc(C2=COCC2)o1. The lowest BCUT2D eigenvalue weighted by Gasteiger charge is -1.86. The highest BCUT2D eigenvalue weighted by Gasteiger charge is 2.13. The Balaban J connectivity index is 2.28. The molecule has 1 aliphatic heterocycles. The Hall–Kier alpha value is -1.32. The Morgan fingerprint density at radius 1 is 1.45 bits per heavy atom. The molecule has 0 radical (unpaired) electrons. The van der Waals surface area contributed by atoms with Gasteiger partial charge in [-0.25, -0.2) is 0 Å². The molecule has 1 aromatic heterocycles. The van der Waals surface area contributed by atoms with E-state index in [1.807, 2.05) is 0 Å². The van der Waals surface area contributed by atoms with Crippen molar-refractivity contribution in [1.29, 1.82) is 0 Å². The van der Waals surface area contributed by atoms with E-state index in [4.69, 9.17) is 9.15 Å². The Bertz CT molecular complexity index is 290. The van der Waals surface area contributed by atoms with Gasteiger partial charge in [0.2, 0.25) is 11.8 Å². The first-order valence-corrected chi connectivity index (χ1v) is 3.47. The molecule has 0 atom stereocenters. The summed E-state index contributed by atoms with van der Waals surface area (Å²) in [7, 11) is 0. The van der Waals surface area contributed by atoms with Gasteiger partial charge in [0, 0.05) is 13.3 Å². The van der Waals surface area contributed by atoms with Gasteiger partial charge in [0.15, 0.2) is 0 Å². The van der Waals surface area contributed by atoms with Crippen LogP contribution in [0.2, 0.25) is 0 Å². The number of hydrogen-bond acceptors (Lipinski definition) is 4. The maximum absolute atomic E-state index is 5.20. The highest BCUT2D eigenvalue weighted by atomic mass is 16.5. The molecule has 0 saturated heterocycles. The smallest absolute Gasteiger partial charge is 0.246 e. The lowest BCUT2D eigenvalue weighted by molar-refractivity contribution is 0.281. The van der Waals surface area contributed by atoms with Gasteiger partial charge in [0.25, 0.3) is 0 Å². The van der Waals surface area contributed by atoms with Crippen LogP contribution in [0.5, 0.6) is 0 Å². The standard InChI is InChI=1S/C7H8N2O2/c1-5-8-9-7(11-5)6-2-3-10-4-6/h4H,2-3H2,1H3. The van der Waals surface area contributed by atoms with Crippen LogP contribution in [0, 0.1) is 6.92 Å². The van der Waals surface area contributed by atoms with E-state index in [9.17, 15) is 0 Å². The summed E-state index contributed by atoms with van der Waals surface area (Å²) in [6.45, 7) is 2.49. The van der Waals surface area contributed by atoms with E-state index in [-0.39, 0.29) is 0 Å². The van der Waals surface area contributed by atoms with Gasteiger partial charge in [0.05, 0.1) is 18.4 Å². The molecule has 1 aliphatic rings. The summed E-state index contributed by atoms with van der Waals surface area (Å²) in [6.07, 6.45) is 2.54. The summed E-state index contributed by atoms with van der Waals surface area (Å²) in [6, 6.07) is 0. The van der Waals surface area contributed by atoms with Crippen LogP contribution in [-0.2, 0) is 4.74 Å². The van der Waals surface area contributed by atoms with Crippen LogP contribution < -0.4 is 0 Å². The number of nitrogens with zero attached hydrogens (tertiary/aromatic N) is 2. The molecule has 0 bridgehead atoms.